The van der Waals surface area contributed by atoms with E-state index in [0.29, 0.717) is 34.1 Å². The molecule has 1 saturated heterocycles. The highest BCUT2D eigenvalue weighted by Crippen LogP contribution is 2.40. The molecule has 4 aromatic heterocycles. The van der Waals surface area contributed by atoms with Crippen LogP contribution in [0.25, 0.3) is 22.3 Å². The molecule has 4 aromatic rings. The third-order valence-electron chi connectivity index (χ3n) is 7.73. The third-order valence-corrected chi connectivity index (χ3v) is 8.94. The van der Waals surface area contributed by atoms with Gasteiger partial charge in [-0.3, -0.25) is 14.8 Å². The lowest BCUT2D eigenvalue weighted by molar-refractivity contribution is 0.0950. The highest BCUT2D eigenvalue weighted by Gasteiger charge is 2.47. The van der Waals surface area contributed by atoms with E-state index >= 15 is 0 Å². The molecular weight excluding hydrogens is 545 g/mol. The summed E-state index contributed by atoms with van der Waals surface area (Å²) in [6.07, 6.45) is 6.31. The van der Waals surface area contributed by atoms with Crippen LogP contribution in [0.5, 0.6) is 0 Å². The number of carbonyl (C=O) groups is 1. The molecular formula is C29H30FN7O3S. The van der Waals surface area contributed by atoms with Crippen LogP contribution >= 0.6 is 0 Å². The first kappa shape index (κ1) is 27.2. The molecule has 5 heterocycles. The summed E-state index contributed by atoms with van der Waals surface area (Å²) in [6.45, 7) is 5.40. The van der Waals surface area contributed by atoms with Gasteiger partial charge < -0.3 is 15.5 Å². The number of carbonyl (C=O) groups excluding carboxylic acids is 1. The van der Waals surface area contributed by atoms with Crippen molar-refractivity contribution in [2.75, 3.05) is 24.2 Å². The quantitative estimate of drug-likeness (QED) is 0.356. The van der Waals surface area contributed by atoms with Crippen molar-refractivity contribution in [3.05, 3.63) is 71.6 Å². The van der Waals surface area contributed by atoms with Crippen molar-refractivity contribution in [1.82, 2.24) is 30.6 Å². The SMILES string of the molecule is Cc1ncc(C(=O)NCc2cc3nc(-c4cc(F)cc(N5CC6(CC6)NC[C@@H]5C)n4)ccc3cn2)cc1S(C)(=O)=O. The topological polar surface area (TPSA) is 130 Å². The van der Waals surface area contributed by atoms with Crippen molar-refractivity contribution >= 4 is 32.5 Å². The maximum Gasteiger partial charge on any atom is 0.253 e. The maximum absolute atomic E-state index is 14.8. The van der Waals surface area contributed by atoms with Gasteiger partial charge in [0.1, 0.15) is 11.6 Å². The van der Waals surface area contributed by atoms with E-state index in [0.717, 1.165) is 37.6 Å². The van der Waals surface area contributed by atoms with Gasteiger partial charge in [-0.05, 0) is 51.0 Å². The van der Waals surface area contributed by atoms with Gasteiger partial charge in [0, 0.05) is 60.8 Å². The third kappa shape index (κ3) is 5.62. The van der Waals surface area contributed by atoms with Crippen molar-refractivity contribution in [2.45, 2.75) is 49.7 Å². The summed E-state index contributed by atoms with van der Waals surface area (Å²) in [5.74, 6) is -0.243. The van der Waals surface area contributed by atoms with Gasteiger partial charge in [-0.25, -0.2) is 22.8 Å². The molecule has 2 N–H and O–H groups in total. The van der Waals surface area contributed by atoms with Crippen LogP contribution in [0.1, 0.15) is 41.5 Å². The van der Waals surface area contributed by atoms with Gasteiger partial charge in [-0.2, -0.15) is 0 Å². The van der Waals surface area contributed by atoms with Gasteiger partial charge in [0.2, 0.25) is 0 Å². The minimum absolute atomic E-state index is 0.0123. The van der Waals surface area contributed by atoms with E-state index in [1.54, 1.807) is 25.3 Å². The second-order valence-electron chi connectivity index (χ2n) is 11.0. The lowest BCUT2D eigenvalue weighted by Crippen LogP contribution is -2.57. The van der Waals surface area contributed by atoms with Crippen LogP contribution in [0.15, 0.2) is 53.7 Å². The van der Waals surface area contributed by atoms with E-state index in [1.807, 2.05) is 6.07 Å². The first-order valence-corrected chi connectivity index (χ1v) is 15.3. The maximum atomic E-state index is 14.8. The number of sulfone groups is 1. The highest BCUT2D eigenvalue weighted by molar-refractivity contribution is 7.90. The molecule has 2 aliphatic rings. The molecule has 1 saturated carbocycles. The molecule has 1 spiro atoms. The Morgan fingerprint density at radius 2 is 1.93 bits per heavy atom. The average molecular weight is 576 g/mol. The second kappa shape index (κ2) is 10.1. The Hall–Kier alpha value is -4.03. The zero-order chi connectivity index (χ0) is 28.9. The monoisotopic (exact) mass is 575 g/mol. The Balaban J connectivity index is 1.23. The molecule has 2 fully saturated rings. The molecule has 0 unspecified atom stereocenters. The van der Waals surface area contributed by atoms with E-state index in [2.05, 4.69) is 32.4 Å². The summed E-state index contributed by atoms with van der Waals surface area (Å²) < 4.78 is 38.8. The first-order valence-electron chi connectivity index (χ1n) is 13.4. The highest BCUT2D eigenvalue weighted by atomic mass is 32.2. The molecule has 212 valence electrons. The molecule has 1 atom stereocenters. The summed E-state index contributed by atoms with van der Waals surface area (Å²) in [4.78, 5) is 32.9. The Morgan fingerprint density at radius 1 is 1.12 bits per heavy atom. The number of hydrogen-bond donors (Lipinski definition) is 2. The summed E-state index contributed by atoms with van der Waals surface area (Å²) >= 11 is 0. The van der Waals surface area contributed by atoms with Crippen molar-refractivity contribution < 1.29 is 17.6 Å². The van der Waals surface area contributed by atoms with Gasteiger partial charge in [-0.15, -0.1) is 0 Å². The van der Waals surface area contributed by atoms with Crippen LogP contribution in [0.3, 0.4) is 0 Å². The van der Waals surface area contributed by atoms with E-state index in [1.165, 1.54) is 24.4 Å². The van der Waals surface area contributed by atoms with Crippen LogP contribution in [0.2, 0.25) is 0 Å². The Bertz CT molecular complexity index is 1790. The lowest BCUT2D eigenvalue weighted by Gasteiger charge is -2.40. The van der Waals surface area contributed by atoms with E-state index < -0.39 is 15.7 Å². The fraction of sp³-hybridized carbons (Fsp3) is 0.345. The van der Waals surface area contributed by atoms with Gasteiger partial charge in [0.25, 0.3) is 5.91 Å². The molecule has 1 aliphatic carbocycles. The van der Waals surface area contributed by atoms with Crippen molar-refractivity contribution in [1.29, 1.82) is 0 Å². The van der Waals surface area contributed by atoms with Gasteiger partial charge >= 0.3 is 0 Å². The fourth-order valence-corrected chi connectivity index (χ4v) is 6.08. The number of pyridine rings is 4. The molecule has 41 heavy (non-hydrogen) atoms. The summed E-state index contributed by atoms with van der Waals surface area (Å²) in [7, 11) is -3.52. The molecule has 10 nitrogen and oxygen atoms in total. The Kier molecular flexibility index (Phi) is 6.69. The van der Waals surface area contributed by atoms with Crippen molar-refractivity contribution in [3.8, 4) is 11.4 Å². The predicted molar refractivity (Wildman–Crippen MR) is 153 cm³/mol. The van der Waals surface area contributed by atoms with Gasteiger partial charge in [-0.1, -0.05) is 0 Å². The Morgan fingerprint density at radius 3 is 2.68 bits per heavy atom. The van der Waals surface area contributed by atoms with Crippen LogP contribution in [-0.4, -0.2) is 65.2 Å². The predicted octanol–water partition coefficient (Wildman–Crippen LogP) is 3.20. The van der Waals surface area contributed by atoms with E-state index in [9.17, 15) is 17.6 Å². The fourth-order valence-electron chi connectivity index (χ4n) is 5.15. The zero-order valence-electron chi connectivity index (χ0n) is 23.0. The standard InChI is InChI=1S/C29H30FN7O3S/c1-17-12-34-29(6-7-29)16-37(17)27-10-21(30)9-25(36-27)23-5-4-19-13-32-22(11-24(19)35-23)15-33-28(38)20-8-26(41(3,39)40)18(2)31-14-20/h4-5,8-11,13-14,17,34H,6-7,12,15-16H2,1-3H3,(H,33,38)/t17-/m0/s1. The minimum atomic E-state index is -3.52. The average Bonchev–Trinajstić information content (AvgIpc) is 3.70. The number of nitrogens with one attached hydrogen (secondary N) is 2. The second-order valence-corrected chi connectivity index (χ2v) is 13.0. The van der Waals surface area contributed by atoms with Crippen molar-refractivity contribution in [3.63, 3.8) is 0 Å². The lowest BCUT2D eigenvalue weighted by atomic mass is 10.1. The number of rotatable bonds is 6. The summed E-state index contributed by atoms with van der Waals surface area (Å²) in [5.41, 5.74) is 2.73. The normalized spacial score (nSPS) is 18.0. The molecule has 1 amide bonds. The number of aryl methyl sites for hydroxylation is 1. The molecule has 0 bridgehead atoms. The van der Waals surface area contributed by atoms with Gasteiger partial charge in [0.15, 0.2) is 9.84 Å². The summed E-state index contributed by atoms with van der Waals surface area (Å²) in [6, 6.07) is 9.78. The minimum Gasteiger partial charge on any atom is -0.351 e. The summed E-state index contributed by atoms with van der Waals surface area (Å²) in [5, 5.41) is 7.15. The first-order chi connectivity index (χ1) is 19.5. The number of halogens is 1. The van der Waals surface area contributed by atoms with Crippen LogP contribution < -0.4 is 15.5 Å². The van der Waals surface area contributed by atoms with Crippen molar-refractivity contribution in [2.24, 2.45) is 0 Å². The number of aromatic nitrogens is 4. The zero-order valence-corrected chi connectivity index (χ0v) is 23.8. The van der Waals surface area contributed by atoms with Gasteiger partial charge in [0.05, 0.1) is 45.3 Å². The molecule has 6 rings (SSSR count). The van der Waals surface area contributed by atoms with Crippen LogP contribution in [0, 0.1) is 12.7 Å². The number of anilines is 1. The number of nitrogens with zero attached hydrogens (tertiary/aromatic N) is 5. The largest absolute Gasteiger partial charge is 0.351 e. The smallest absolute Gasteiger partial charge is 0.253 e. The number of amides is 1. The van der Waals surface area contributed by atoms with Crippen LogP contribution in [0.4, 0.5) is 10.2 Å². The van der Waals surface area contributed by atoms with Crippen LogP contribution in [-0.2, 0) is 16.4 Å². The Labute approximate surface area is 237 Å². The number of fused-ring (bicyclic) bond motifs is 1. The molecule has 12 heteroatoms. The molecule has 1 aliphatic heterocycles. The molecule has 0 radical (unpaired) electrons. The van der Waals surface area contributed by atoms with E-state index in [4.69, 9.17) is 9.97 Å². The van der Waals surface area contributed by atoms with E-state index in [-0.39, 0.29) is 34.4 Å². The number of piperazine rings is 1. The molecule has 0 aromatic carbocycles. The number of hydrogen-bond acceptors (Lipinski definition) is 9.